The van der Waals surface area contributed by atoms with E-state index in [2.05, 4.69) is 46.7 Å². The van der Waals surface area contributed by atoms with Gasteiger partial charge < -0.3 is 5.32 Å². The quantitative estimate of drug-likeness (QED) is 0.727. The van der Waals surface area contributed by atoms with Crippen molar-refractivity contribution in [3.63, 3.8) is 0 Å². The normalized spacial score (nSPS) is 12.5. The van der Waals surface area contributed by atoms with E-state index < -0.39 is 0 Å². The smallest absolute Gasteiger partial charge is 0.0901 e. The molecule has 0 aliphatic carbocycles. The largest absolute Gasteiger partial charge is 0.376 e. The molecule has 0 fully saturated rings. The number of aryl methyl sites for hydroxylation is 2. The molecular formula is C13H14ClIN2S. The summed E-state index contributed by atoms with van der Waals surface area (Å²) in [5, 5.41) is 5.27. The lowest BCUT2D eigenvalue weighted by Crippen LogP contribution is -2.08. The molecule has 0 saturated carbocycles. The van der Waals surface area contributed by atoms with Crippen LogP contribution in [0.3, 0.4) is 0 Å². The molecule has 0 amide bonds. The van der Waals surface area contributed by atoms with Gasteiger partial charge in [-0.3, -0.25) is 0 Å². The lowest BCUT2D eigenvalue weighted by Gasteiger charge is -2.15. The van der Waals surface area contributed by atoms with E-state index in [-0.39, 0.29) is 6.04 Å². The van der Waals surface area contributed by atoms with Gasteiger partial charge in [0.1, 0.15) is 0 Å². The average Bonchev–Trinajstić information content (AvgIpc) is 2.63. The zero-order valence-corrected chi connectivity index (χ0v) is 14.2. The molecule has 1 atom stereocenters. The van der Waals surface area contributed by atoms with E-state index >= 15 is 0 Å². The lowest BCUT2D eigenvalue weighted by atomic mass is 10.2. The highest BCUT2D eigenvalue weighted by atomic mass is 127. The standard InChI is InChI=1S/C13H14ClIN2S/c1-7(13-8(2)18-9(3)17-13)16-12-6-10(15)4-5-11(12)14/h4-7,16H,1-3H3. The van der Waals surface area contributed by atoms with Crippen LogP contribution in [0.1, 0.15) is 28.5 Å². The number of hydrogen-bond donors (Lipinski definition) is 1. The molecule has 0 aliphatic heterocycles. The lowest BCUT2D eigenvalue weighted by molar-refractivity contribution is 0.837. The molecule has 2 rings (SSSR count). The maximum absolute atomic E-state index is 6.19. The highest BCUT2D eigenvalue weighted by Crippen LogP contribution is 2.30. The molecule has 96 valence electrons. The van der Waals surface area contributed by atoms with Crippen LogP contribution in [0, 0.1) is 17.4 Å². The van der Waals surface area contributed by atoms with Crippen molar-refractivity contribution in [2.24, 2.45) is 0 Å². The van der Waals surface area contributed by atoms with E-state index in [9.17, 15) is 0 Å². The number of aromatic nitrogens is 1. The molecule has 1 N–H and O–H groups in total. The van der Waals surface area contributed by atoms with Gasteiger partial charge in [-0.25, -0.2) is 4.98 Å². The van der Waals surface area contributed by atoms with Crippen LogP contribution >= 0.6 is 45.5 Å². The van der Waals surface area contributed by atoms with Crippen LogP contribution in [-0.2, 0) is 0 Å². The van der Waals surface area contributed by atoms with Gasteiger partial charge >= 0.3 is 0 Å². The summed E-state index contributed by atoms with van der Waals surface area (Å²) >= 11 is 10.2. The monoisotopic (exact) mass is 392 g/mol. The summed E-state index contributed by atoms with van der Waals surface area (Å²) in [6, 6.07) is 6.12. The fourth-order valence-corrected chi connectivity index (χ4v) is 3.43. The Balaban J connectivity index is 2.23. The zero-order chi connectivity index (χ0) is 13.3. The van der Waals surface area contributed by atoms with Crippen molar-refractivity contribution >= 4 is 51.2 Å². The van der Waals surface area contributed by atoms with E-state index in [0.29, 0.717) is 0 Å². The summed E-state index contributed by atoms with van der Waals surface area (Å²) in [7, 11) is 0. The van der Waals surface area contributed by atoms with Crippen LogP contribution in [0.25, 0.3) is 0 Å². The van der Waals surface area contributed by atoms with Crippen LogP contribution < -0.4 is 5.32 Å². The first-order valence-corrected chi connectivity index (χ1v) is 7.90. The second kappa shape index (κ2) is 5.75. The Bertz CT molecular complexity index is 568. The zero-order valence-electron chi connectivity index (χ0n) is 10.4. The van der Waals surface area contributed by atoms with Crippen molar-refractivity contribution < 1.29 is 0 Å². The summed E-state index contributed by atoms with van der Waals surface area (Å²) in [6.45, 7) is 6.25. The average molecular weight is 393 g/mol. The maximum Gasteiger partial charge on any atom is 0.0901 e. The topological polar surface area (TPSA) is 24.9 Å². The molecule has 1 heterocycles. The second-order valence-electron chi connectivity index (χ2n) is 4.16. The van der Waals surface area contributed by atoms with Gasteiger partial charge in [0, 0.05) is 8.45 Å². The van der Waals surface area contributed by atoms with Gasteiger partial charge in [0.25, 0.3) is 0 Å². The summed E-state index contributed by atoms with van der Waals surface area (Å²) in [5.41, 5.74) is 2.06. The van der Waals surface area contributed by atoms with Crippen LogP contribution in [0.5, 0.6) is 0 Å². The van der Waals surface area contributed by atoms with E-state index in [1.54, 1.807) is 11.3 Å². The molecule has 1 unspecified atom stereocenters. The minimum atomic E-state index is 0.158. The van der Waals surface area contributed by atoms with Crippen molar-refractivity contribution in [1.29, 1.82) is 0 Å². The van der Waals surface area contributed by atoms with Gasteiger partial charge in [-0.05, 0) is 61.6 Å². The van der Waals surface area contributed by atoms with Crippen LogP contribution in [0.4, 0.5) is 5.69 Å². The second-order valence-corrected chi connectivity index (χ2v) is 7.22. The molecular weight excluding hydrogens is 379 g/mol. The predicted molar refractivity (Wildman–Crippen MR) is 87.8 cm³/mol. The van der Waals surface area contributed by atoms with Gasteiger partial charge in [-0.2, -0.15) is 0 Å². The highest BCUT2D eigenvalue weighted by Gasteiger charge is 2.14. The predicted octanol–water partition coefficient (Wildman–Crippen LogP) is 5.19. The number of benzene rings is 1. The van der Waals surface area contributed by atoms with Gasteiger partial charge in [0.15, 0.2) is 0 Å². The fraction of sp³-hybridized carbons (Fsp3) is 0.308. The van der Waals surface area contributed by atoms with Gasteiger partial charge in [0.2, 0.25) is 0 Å². The van der Waals surface area contributed by atoms with Crippen LogP contribution in [0.15, 0.2) is 18.2 Å². The molecule has 5 heteroatoms. The number of nitrogens with zero attached hydrogens (tertiary/aromatic N) is 1. The molecule has 1 aromatic heterocycles. The molecule has 0 bridgehead atoms. The van der Waals surface area contributed by atoms with Crippen LogP contribution in [0.2, 0.25) is 5.02 Å². The Hall–Kier alpha value is -0.330. The number of nitrogens with one attached hydrogen (secondary N) is 1. The van der Waals surface area contributed by atoms with Gasteiger partial charge in [-0.15, -0.1) is 11.3 Å². The summed E-state index contributed by atoms with van der Waals surface area (Å²) in [5.74, 6) is 0. The van der Waals surface area contributed by atoms with Crippen molar-refractivity contribution in [2.75, 3.05) is 5.32 Å². The van der Waals surface area contributed by atoms with E-state index in [1.165, 1.54) is 4.88 Å². The van der Waals surface area contributed by atoms with Crippen molar-refractivity contribution in [3.05, 3.63) is 42.4 Å². The summed E-state index contributed by atoms with van der Waals surface area (Å²) < 4.78 is 1.16. The first-order valence-electron chi connectivity index (χ1n) is 5.63. The van der Waals surface area contributed by atoms with Crippen LogP contribution in [-0.4, -0.2) is 4.98 Å². The Labute approximate surface area is 130 Å². The molecule has 18 heavy (non-hydrogen) atoms. The third-order valence-electron chi connectivity index (χ3n) is 2.65. The Kier molecular flexibility index (Phi) is 4.50. The fourth-order valence-electron chi connectivity index (χ4n) is 1.86. The Morgan fingerprint density at radius 3 is 2.72 bits per heavy atom. The summed E-state index contributed by atoms with van der Waals surface area (Å²) in [6.07, 6.45) is 0. The molecule has 2 nitrogen and oxygen atoms in total. The number of anilines is 1. The number of thiazole rings is 1. The molecule has 0 spiro atoms. The van der Waals surface area contributed by atoms with E-state index in [4.69, 9.17) is 11.6 Å². The maximum atomic E-state index is 6.19. The number of halogens is 2. The first-order chi connectivity index (χ1) is 8.47. The molecule has 0 radical (unpaired) electrons. The van der Waals surface area contributed by atoms with Gasteiger partial charge in [0.05, 0.1) is 27.5 Å². The third-order valence-corrected chi connectivity index (χ3v) is 4.55. The van der Waals surface area contributed by atoms with E-state index in [1.807, 2.05) is 25.1 Å². The van der Waals surface area contributed by atoms with Crippen molar-refractivity contribution in [1.82, 2.24) is 4.98 Å². The third kappa shape index (κ3) is 3.16. The van der Waals surface area contributed by atoms with E-state index in [0.717, 1.165) is 25.0 Å². The first kappa shape index (κ1) is 14.1. The molecule has 1 aromatic carbocycles. The minimum absolute atomic E-state index is 0.158. The Morgan fingerprint density at radius 2 is 2.11 bits per heavy atom. The molecule has 0 aliphatic rings. The number of hydrogen-bond acceptors (Lipinski definition) is 3. The SMILES string of the molecule is Cc1nc(C(C)Nc2cc(I)ccc2Cl)c(C)s1. The molecule has 2 aromatic rings. The Morgan fingerprint density at radius 1 is 1.39 bits per heavy atom. The summed E-state index contributed by atoms with van der Waals surface area (Å²) in [4.78, 5) is 5.83. The molecule has 0 saturated heterocycles. The number of rotatable bonds is 3. The highest BCUT2D eigenvalue weighted by molar-refractivity contribution is 14.1. The van der Waals surface area contributed by atoms with Gasteiger partial charge in [-0.1, -0.05) is 11.6 Å². The minimum Gasteiger partial charge on any atom is -0.376 e. The van der Waals surface area contributed by atoms with Crippen molar-refractivity contribution in [2.45, 2.75) is 26.8 Å². The van der Waals surface area contributed by atoms with Crippen molar-refractivity contribution in [3.8, 4) is 0 Å².